The number of rotatable bonds is 8. The zero-order chi connectivity index (χ0) is 11.0. The van der Waals surface area contributed by atoms with E-state index in [0.717, 1.165) is 6.54 Å². The van der Waals surface area contributed by atoms with Crippen molar-refractivity contribution in [1.29, 1.82) is 0 Å². The number of hydrogen-bond acceptors (Lipinski definition) is 2. The Morgan fingerprint density at radius 3 is 2.21 bits per heavy atom. The van der Waals surface area contributed by atoms with Gasteiger partial charge < -0.3 is 5.73 Å². The van der Waals surface area contributed by atoms with E-state index < -0.39 is 0 Å². The molecule has 0 heterocycles. The van der Waals surface area contributed by atoms with Gasteiger partial charge in [0.15, 0.2) is 0 Å². The van der Waals surface area contributed by atoms with E-state index in [1.54, 1.807) is 0 Å². The summed E-state index contributed by atoms with van der Waals surface area (Å²) < 4.78 is 0. The zero-order valence-electron chi connectivity index (χ0n) is 10.4. The van der Waals surface area contributed by atoms with Crippen LogP contribution in [-0.4, -0.2) is 30.1 Å². The number of hydrogen-bond donors (Lipinski definition) is 1. The van der Waals surface area contributed by atoms with E-state index in [9.17, 15) is 0 Å². The average Bonchev–Trinajstić information content (AvgIpc) is 2.14. The molecular weight excluding hydrogens is 172 g/mol. The summed E-state index contributed by atoms with van der Waals surface area (Å²) in [6, 6.07) is 0.992. The molecule has 0 fully saturated rings. The van der Waals surface area contributed by atoms with Crippen LogP contribution in [-0.2, 0) is 0 Å². The fourth-order valence-corrected chi connectivity index (χ4v) is 1.71. The molecule has 1 unspecified atom stereocenters. The molecule has 0 bridgehead atoms. The van der Waals surface area contributed by atoms with Crippen LogP contribution in [0, 0.1) is 0 Å². The van der Waals surface area contributed by atoms with Crippen molar-refractivity contribution >= 4 is 0 Å². The molecule has 0 aromatic carbocycles. The van der Waals surface area contributed by atoms with Gasteiger partial charge in [-0.05, 0) is 33.2 Å². The summed E-state index contributed by atoms with van der Waals surface area (Å²) in [6.07, 6.45) is 4.91. The van der Waals surface area contributed by atoms with Crippen LogP contribution >= 0.6 is 0 Å². The van der Waals surface area contributed by atoms with E-state index in [-0.39, 0.29) is 0 Å². The minimum Gasteiger partial charge on any atom is -0.327 e. The molecule has 0 aliphatic rings. The van der Waals surface area contributed by atoms with Gasteiger partial charge in [0.05, 0.1) is 0 Å². The van der Waals surface area contributed by atoms with Crippen LogP contribution in [0.2, 0.25) is 0 Å². The Labute approximate surface area is 89.9 Å². The van der Waals surface area contributed by atoms with Crippen LogP contribution in [0.5, 0.6) is 0 Å². The van der Waals surface area contributed by atoms with Gasteiger partial charge in [0.1, 0.15) is 0 Å². The Morgan fingerprint density at radius 2 is 1.79 bits per heavy atom. The Kier molecular flexibility index (Phi) is 8.20. The highest BCUT2D eigenvalue weighted by Crippen LogP contribution is 2.05. The van der Waals surface area contributed by atoms with Gasteiger partial charge in [-0.2, -0.15) is 0 Å². The fourth-order valence-electron chi connectivity index (χ4n) is 1.71. The smallest absolute Gasteiger partial charge is 0.0167 e. The first kappa shape index (κ1) is 13.9. The Balaban J connectivity index is 3.77. The third-order valence-corrected chi connectivity index (χ3v) is 2.64. The zero-order valence-corrected chi connectivity index (χ0v) is 10.4. The second kappa shape index (κ2) is 8.25. The van der Waals surface area contributed by atoms with Crippen LogP contribution in [0.1, 0.15) is 53.4 Å². The van der Waals surface area contributed by atoms with E-state index in [1.165, 1.54) is 32.2 Å². The Bertz CT molecular complexity index is 123. The number of nitrogens with two attached hydrogens (primary N) is 1. The minimum atomic E-state index is 0.365. The van der Waals surface area contributed by atoms with Gasteiger partial charge in [-0.3, -0.25) is 4.90 Å². The molecule has 0 aliphatic carbocycles. The van der Waals surface area contributed by atoms with Crippen LogP contribution in [0.4, 0.5) is 0 Å². The lowest BCUT2D eigenvalue weighted by molar-refractivity contribution is 0.205. The van der Waals surface area contributed by atoms with Gasteiger partial charge >= 0.3 is 0 Å². The molecule has 1 atom stereocenters. The fraction of sp³-hybridized carbons (Fsp3) is 1.00. The summed E-state index contributed by atoms with van der Waals surface area (Å²) >= 11 is 0. The van der Waals surface area contributed by atoms with E-state index in [0.29, 0.717) is 12.1 Å². The van der Waals surface area contributed by atoms with Gasteiger partial charge in [-0.1, -0.05) is 26.7 Å². The first-order chi connectivity index (χ1) is 6.61. The van der Waals surface area contributed by atoms with Crippen LogP contribution in [0.15, 0.2) is 0 Å². The lowest BCUT2D eigenvalue weighted by Crippen LogP contribution is -2.41. The molecule has 0 radical (unpaired) electrons. The highest BCUT2D eigenvalue weighted by atomic mass is 15.2. The molecule has 2 heteroatoms. The van der Waals surface area contributed by atoms with Gasteiger partial charge in [-0.25, -0.2) is 0 Å². The largest absolute Gasteiger partial charge is 0.327 e. The molecule has 0 rings (SSSR count). The predicted octanol–water partition coefficient (Wildman–Crippen LogP) is 2.62. The molecule has 86 valence electrons. The van der Waals surface area contributed by atoms with Crippen molar-refractivity contribution < 1.29 is 0 Å². The molecule has 0 amide bonds. The maximum Gasteiger partial charge on any atom is 0.0167 e. The quantitative estimate of drug-likeness (QED) is 0.652. The standard InChI is InChI=1S/C12H28N2/c1-5-7-8-12(13)10-14(9-6-2)11(3)4/h11-12H,5-10,13H2,1-4H3. The van der Waals surface area contributed by atoms with Crippen molar-refractivity contribution in [3.8, 4) is 0 Å². The van der Waals surface area contributed by atoms with E-state index >= 15 is 0 Å². The Hall–Kier alpha value is -0.0800. The van der Waals surface area contributed by atoms with Crippen molar-refractivity contribution in [3.05, 3.63) is 0 Å². The van der Waals surface area contributed by atoms with Crippen LogP contribution < -0.4 is 5.73 Å². The first-order valence-electron chi connectivity index (χ1n) is 6.11. The number of unbranched alkanes of at least 4 members (excludes halogenated alkanes) is 1. The molecule has 2 nitrogen and oxygen atoms in total. The van der Waals surface area contributed by atoms with Gasteiger partial charge in [0.25, 0.3) is 0 Å². The van der Waals surface area contributed by atoms with Crippen molar-refractivity contribution in [2.45, 2.75) is 65.5 Å². The third kappa shape index (κ3) is 6.39. The average molecular weight is 200 g/mol. The number of nitrogens with zero attached hydrogens (tertiary/aromatic N) is 1. The van der Waals surface area contributed by atoms with Crippen molar-refractivity contribution in [1.82, 2.24) is 4.90 Å². The topological polar surface area (TPSA) is 29.3 Å². The molecule has 2 N–H and O–H groups in total. The normalized spacial score (nSPS) is 13.9. The molecule has 0 aromatic heterocycles. The van der Waals surface area contributed by atoms with E-state index in [1.807, 2.05) is 0 Å². The van der Waals surface area contributed by atoms with Crippen molar-refractivity contribution in [2.24, 2.45) is 5.73 Å². The third-order valence-electron chi connectivity index (χ3n) is 2.64. The van der Waals surface area contributed by atoms with E-state index in [4.69, 9.17) is 5.73 Å². The summed E-state index contributed by atoms with van der Waals surface area (Å²) in [5, 5.41) is 0. The van der Waals surface area contributed by atoms with E-state index in [2.05, 4.69) is 32.6 Å². The lowest BCUT2D eigenvalue weighted by Gasteiger charge is -2.28. The summed E-state index contributed by atoms with van der Waals surface area (Å²) in [7, 11) is 0. The summed E-state index contributed by atoms with van der Waals surface area (Å²) in [6.45, 7) is 11.2. The second-order valence-electron chi connectivity index (χ2n) is 4.49. The van der Waals surface area contributed by atoms with Gasteiger partial charge in [0.2, 0.25) is 0 Å². The summed E-state index contributed by atoms with van der Waals surface area (Å²) in [5.41, 5.74) is 6.09. The predicted molar refractivity (Wildman–Crippen MR) is 64.5 cm³/mol. The second-order valence-corrected chi connectivity index (χ2v) is 4.49. The first-order valence-corrected chi connectivity index (χ1v) is 6.11. The molecular formula is C12H28N2. The SMILES string of the molecule is CCCCC(N)CN(CCC)C(C)C. The molecule has 14 heavy (non-hydrogen) atoms. The highest BCUT2D eigenvalue weighted by Gasteiger charge is 2.12. The molecule has 0 spiro atoms. The lowest BCUT2D eigenvalue weighted by atomic mass is 10.1. The van der Waals surface area contributed by atoms with Gasteiger partial charge in [0, 0.05) is 18.6 Å². The Morgan fingerprint density at radius 1 is 1.14 bits per heavy atom. The van der Waals surface area contributed by atoms with Gasteiger partial charge in [-0.15, -0.1) is 0 Å². The van der Waals surface area contributed by atoms with Crippen LogP contribution in [0.3, 0.4) is 0 Å². The van der Waals surface area contributed by atoms with Crippen molar-refractivity contribution in [3.63, 3.8) is 0 Å². The monoisotopic (exact) mass is 200 g/mol. The highest BCUT2D eigenvalue weighted by molar-refractivity contribution is 4.70. The maximum absolute atomic E-state index is 6.09. The minimum absolute atomic E-state index is 0.365. The van der Waals surface area contributed by atoms with Crippen LogP contribution in [0.25, 0.3) is 0 Å². The maximum atomic E-state index is 6.09. The molecule has 0 saturated carbocycles. The summed E-state index contributed by atoms with van der Waals surface area (Å²) in [4.78, 5) is 2.49. The molecule has 0 aromatic rings. The molecule has 0 aliphatic heterocycles. The van der Waals surface area contributed by atoms with Crippen molar-refractivity contribution in [2.75, 3.05) is 13.1 Å². The molecule has 0 saturated heterocycles. The summed E-state index contributed by atoms with van der Waals surface area (Å²) in [5.74, 6) is 0.